The van der Waals surface area contributed by atoms with Gasteiger partial charge in [0.15, 0.2) is 17.6 Å². The third-order valence-corrected chi connectivity index (χ3v) is 4.59. The fourth-order valence-electron chi connectivity index (χ4n) is 3.46. The van der Waals surface area contributed by atoms with Gasteiger partial charge in [-0.2, -0.15) is 0 Å². The van der Waals surface area contributed by atoms with Crippen molar-refractivity contribution in [1.82, 2.24) is 15.1 Å². The van der Waals surface area contributed by atoms with Crippen molar-refractivity contribution in [2.45, 2.75) is 32.2 Å². The first kappa shape index (κ1) is 18.8. The molecule has 26 heavy (non-hydrogen) atoms. The Balaban J connectivity index is 1.38. The molecule has 1 N–H and O–H groups in total. The zero-order valence-corrected chi connectivity index (χ0v) is 15.8. The molecule has 0 aliphatic carbocycles. The van der Waals surface area contributed by atoms with E-state index in [9.17, 15) is 4.79 Å². The highest BCUT2D eigenvalue weighted by atomic mass is 16.6. The number of urea groups is 1. The second-order valence-electron chi connectivity index (χ2n) is 7.13. The Hall–Kier alpha value is -1.99. The lowest BCUT2D eigenvalue weighted by atomic mass is 10.2. The van der Waals surface area contributed by atoms with Crippen molar-refractivity contribution in [3.8, 4) is 11.5 Å². The number of amides is 2. The van der Waals surface area contributed by atoms with Crippen LogP contribution in [-0.2, 0) is 4.74 Å². The van der Waals surface area contributed by atoms with Crippen molar-refractivity contribution in [2.24, 2.45) is 0 Å². The van der Waals surface area contributed by atoms with Crippen molar-refractivity contribution in [3.63, 3.8) is 0 Å². The van der Waals surface area contributed by atoms with Crippen LogP contribution < -0.4 is 14.8 Å². The Morgan fingerprint density at radius 1 is 1.23 bits per heavy atom. The van der Waals surface area contributed by atoms with Crippen molar-refractivity contribution in [3.05, 3.63) is 24.3 Å². The predicted octanol–water partition coefficient (Wildman–Crippen LogP) is 1.58. The number of benzene rings is 1. The summed E-state index contributed by atoms with van der Waals surface area (Å²) in [5.74, 6) is 1.48. The Kier molecular flexibility index (Phi) is 6.21. The number of hydrogen-bond acceptors (Lipinski definition) is 5. The molecule has 0 radical (unpaired) electrons. The van der Waals surface area contributed by atoms with Gasteiger partial charge in [0.2, 0.25) is 0 Å². The van der Waals surface area contributed by atoms with Gasteiger partial charge in [-0.1, -0.05) is 12.1 Å². The Morgan fingerprint density at radius 2 is 1.92 bits per heavy atom. The zero-order chi connectivity index (χ0) is 18.5. The van der Waals surface area contributed by atoms with Crippen LogP contribution in [0.1, 0.15) is 13.8 Å². The molecular weight excluding hydrogens is 334 g/mol. The van der Waals surface area contributed by atoms with E-state index in [1.807, 2.05) is 24.3 Å². The number of fused-ring (bicyclic) bond motifs is 1. The lowest BCUT2D eigenvalue weighted by Gasteiger charge is -2.35. The van der Waals surface area contributed by atoms with E-state index in [2.05, 4.69) is 24.1 Å². The molecule has 0 aromatic heterocycles. The van der Waals surface area contributed by atoms with Crippen LogP contribution >= 0.6 is 0 Å². The molecule has 2 aliphatic rings. The van der Waals surface area contributed by atoms with Crippen LogP contribution in [-0.4, -0.2) is 80.5 Å². The van der Waals surface area contributed by atoms with E-state index in [1.165, 1.54) is 0 Å². The molecule has 2 heterocycles. The number of ether oxygens (including phenoxy) is 3. The summed E-state index contributed by atoms with van der Waals surface area (Å²) in [5, 5.41) is 2.98. The van der Waals surface area contributed by atoms with E-state index in [0.717, 1.165) is 31.1 Å². The first-order chi connectivity index (χ1) is 12.5. The van der Waals surface area contributed by atoms with Crippen molar-refractivity contribution in [2.75, 3.05) is 46.4 Å². The topological polar surface area (TPSA) is 63.3 Å². The number of carbonyl (C=O) groups excluding carboxylic acids is 1. The summed E-state index contributed by atoms with van der Waals surface area (Å²) in [5.41, 5.74) is 0. The SMILES string of the molecule is CC1CN(CCNC(=O)N(C)CC2COc3ccccc3O2)CC(C)O1. The molecule has 0 saturated carbocycles. The van der Waals surface area contributed by atoms with Gasteiger partial charge in [-0.25, -0.2) is 4.79 Å². The van der Waals surface area contributed by atoms with Crippen molar-refractivity contribution in [1.29, 1.82) is 0 Å². The van der Waals surface area contributed by atoms with Gasteiger partial charge < -0.3 is 24.4 Å². The largest absolute Gasteiger partial charge is 0.486 e. The number of para-hydroxylation sites is 2. The maximum absolute atomic E-state index is 12.3. The van der Waals surface area contributed by atoms with Crippen LogP contribution in [0.25, 0.3) is 0 Å². The molecule has 1 saturated heterocycles. The number of nitrogens with one attached hydrogen (secondary N) is 1. The second-order valence-corrected chi connectivity index (χ2v) is 7.13. The molecule has 2 aliphatic heterocycles. The van der Waals surface area contributed by atoms with Crippen LogP contribution in [0.4, 0.5) is 4.79 Å². The number of likely N-dealkylation sites (N-methyl/N-ethyl adjacent to an activating group) is 1. The maximum atomic E-state index is 12.3. The van der Waals surface area contributed by atoms with Gasteiger partial charge >= 0.3 is 6.03 Å². The summed E-state index contributed by atoms with van der Waals surface area (Å²) >= 11 is 0. The Morgan fingerprint density at radius 3 is 2.65 bits per heavy atom. The van der Waals surface area contributed by atoms with E-state index in [-0.39, 0.29) is 24.3 Å². The lowest BCUT2D eigenvalue weighted by Crippen LogP contribution is -2.50. The molecule has 3 atom stereocenters. The zero-order valence-electron chi connectivity index (χ0n) is 15.8. The quantitative estimate of drug-likeness (QED) is 0.861. The molecule has 3 rings (SSSR count). The molecule has 0 bridgehead atoms. The monoisotopic (exact) mass is 363 g/mol. The summed E-state index contributed by atoms with van der Waals surface area (Å²) in [7, 11) is 1.78. The van der Waals surface area contributed by atoms with Crippen LogP contribution in [0, 0.1) is 0 Å². The van der Waals surface area contributed by atoms with Gasteiger partial charge in [0, 0.05) is 33.2 Å². The molecule has 3 unspecified atom stereocenters. The fourth-order valence-corrected chi connectivity index (χ4v) is 3.46. The summed E-state index contributed by atoms with van der Waals surface area (Å²) in [4.78, 5) is 16.3. The molecule has 7 nitrogen and oxygen atoms in total. The molecule has 1 aromatic carbocycles. The molecule has 144 valence electrons. The molecule has 7 heteroatoms. The molecule has 1 fully saturated rings. The minimum Gasteiger partial charge on any atom is -0.486 e. The maximum Gasteiger partial charge on any atom is 0.317 e. The number of nitrogens with zero attached hydrogens (tertiary/aromatic N) is 2. The number of morpholine rings is 1. The highest BCUT2D eigenvalue weighted by molar-refractivity contribution is 5.73. The van der Waals surface area contributed by atoms with Crippen LogP contribution in [0.15, 0.2) is 24.3 Å². The van der Waals surface area contributed by atoms with E-state index in [0.29, 0.717) is 19.7 Å². The average Bonchev–Trinajstić information content (AvgIpc) is 2.60. The van der Waals surface area contributed by atoms with Crippen LogP contribution in [0.5, 0.6) is 11.5 Å². The minimum atomic E-state index is -0.165. The second kappa shape index (κ2) is 8.60. The van der Waals surface area contributed by atoms with Crippen molar-refractivity contribution >= 4 is 6.03 Å². The van der Waals surface area contributed by atoms with Gasteiger partial charge in [0.25, 0.3) is 0 Å². The van der Waals surface area contributed by atoms with Gasteiger partial charge in [-0.05, 0) is 26.0 Å². The molecule has 2 amide bonds. The molecule has 0 spiro atoms. The Bertz CT molecular complexity index is 602. The number of hydrogen-bond donors (Lipinski definition) is 1. The molecular formula is C19H29N3O4. The van der Waals surface area contributed by atoms with E-state index >= 15 is 0 Å². The van der Waals surface area contributed by atoms with Crippen molar-refractivity contribution < 1.29 is 19.0 Å². The highest BCUT2D eigenvalue weighted by Gasteiger charge is 2.24. The predicted molar refractivity (Wildman–Crippen MR) is 98.8 cm³/mol. The number of rotatable bonds is 5. The van der Waals surface area contributed by atoms with E-state index in [1.54, 1.807) is 11.9 Å². The summed E-state index contributed by atoms with van der Waals surface area (Å²) in [6, 6.07) is 7.50. The van der Waals surface area contributed by atoms with E-state index in [4.69, 9.17) is 14.2 Å². The van der Waals surface area contributed by atoms with Gasteiger partial charge in [-0.3, -0.25) is 4.90 Å². The lowest BCUT2D eigenvalue weighted by molar-refractivity contribution is -0.0672. The fraction of sp³-hybridized carbons (Fsp3) is 0.632. The first-order valence-electron chi connectivity index (χ1n) is 9.26. The van der Waals surface area contributed by atoms with Gasteiger partial charge in [0.1, 0.15) is 6.61 Å². The third kappa shape index (κ3) is 5.02. The van der Waals surface area contributed by atoms with E-state index < -0.39 is 0 Å². The Labute approximate surface area is 155 Å². The van der Waals surface area contributed by atoms with Gasteiger partial charge in [-0.15, -0.1) is 0 Å². The smallest absolute Gasteiger partial charge is 0.317 e. The summed E-state index contributed by atoms with van der Waals surface area (Å²) in [6.07, 6.45) is 0.313. The first-order valence-corrected chi connectivity index (χ1v) is 9.26. The summed E-state index contributed by atoms with van der Waals surface area (Å²) in [6.45, 7) is 8.34. The normalized spacial score (nSPS) is 25.6. The summed E-state index contributed by atoms with van der Waals surface area (Å²) < 4.78 is 17.3. The van der Waals surface area contributed by atoms with Crippen LogP contribution in [0.3, 0.4) is 0 Å². The van der Waals surface area contributed by atoms with Crippen LogP contribution in [0.2, 0.25) is 0 Å². The minimum absolute atomic E-state index is 0.0955. The number of carbonyl (C=O) groups is 1. The highest BCUT2D eigenvalue weighted by Crippen LogP contribution is 2.30. The molecule has 1 aromatic rings. The average molecular weight is 363 g/mol. The third-order valence-electron chi connectivity index (χ3n) is 4.59. The van der Waals surface area contributed by atoms with Gasteiger partial charge in [0.05, 0.1) is 18.8 Å². The standard InChI is InChI=1S/C19H29N3O4/c1-14-10-22(11-15(2)25-14)9-8-20-19(23)21(3)12-16-13-24-17-6-4-5-7-18(17)26-16/h4-7,14-16H,8-13H2,1-3H3,(H,20,23).